The van der Waals surface area contributed by atoms with E-state index in [2.05, 4.69) is 20.5 Å². The average molecular weight is 179 g/mol. The molecule has 68 valence electrons. The van der Waals surface area contributed by atoms with E-state index in [1.54, 1.807) is 23.8 Å². The van der Waals surface area contributed by atoms with Gasteiger partial charge in [0.25, 0.3) is 0 Å². The second-order valence-electron chi connectivity index (χ2n) is 2.90. The van der Waals surface area contributed by atoms with E-state index in [4.69, 9.17) is 0 Å². The summed E-state index contributed by atoms with van der Waals surface area (Å²) in [4.78, 5) is 3.96. The van der Waals surface area contributed by atoms with E-state index < -0.39 is 6.10 Å². The molecule has 0 saturated heterocycles. The molecule has 0 radical (unpaired) electrons. The topological polar surface area (TPSA) is 76.2 Å². The van der Waals surface area contributed by atoms with E-state index >= 15 is 0 Å². The Kier molecular flexibility index (Phi) is 1.90. The predicted octanol–water partition coefficient (Wildman–Crippen LogP) is -0.557. The maximum absolute atomic E-state index is 9.19. The summed E-state index contributed by atoms with van der Waals surface area (Å²) in [6.45, 7) is 1.71. The molecular weight excluding hydrogens is 170 g/mol. The lowest BCUT2D eigenvalue weighted by molar-refractivity contribution is 0.193. The van der Waals surface area contributed by atoms with Crippen molar-refractivity contribution >= 4 is 5.65 Å². The van der Waals surface area contributed by atoms with Crippen LogP contribution in [0.15, 0.2) is 12.4 Å². The van der Waals surface area contributed by atoms with Crippen molar-refractivity contribution in [1.29, 1.82) is 0 Å². The highest BCUT2D eigenvalue weighted by molar-refractivity contribution is 5.32. The zero-order valence-corrected chi connectivity index (χ0v) is 7.12. The maximum Gasteiger partial charge on any atom is 0.197 e. The first-order valence-electron chi connectivity index (χ1n) is 3.96. The molecule has 0 aliphatic heterocycles. The summed E-state index contributed by atoms with van der Waals surface area (Å²) in [6, 6.07) is 0. The highest BCUT2D eigenvalue weighted by Crippen LogP contribution is 2.02. The molecule has 0 spiro atoms. The van der Waals surface area contributed by atoms with Crippen LogP contribution in [0.25, 0.3) is 5.65 Å². The summed E-state index contributed by atoms with van der Waals surface area (Å²) in [5, 5.41) is 20.2. The van der Waals surface area contributed by atoms with E-state index in [1.807, 2.05) is 0 Å². The van der Waals surface area contributed by atoms with E-state index in [0.29, 0.717) is 12.1 Å². The van der Waals surface area contributed by atoms with Crippen LogP contribution in [0, 0.1) is 0 Å². The van der Waals surface area contributed by atoms with Gasteiger partial charge in [0, 0.05) is 12.6 Å². The molecule has 2 rings (SSSR count). The molecule has 6 heteroatoms. The Labute approximate surface area is 74.2 Å². The largest absolute Gasteiger partial charge is 0.393 e. The molecule has 13 heavy (non-hydrogen) atoms. The number of hydrogen-bond donors (Lipinski definition) is 1. The summed E-state index contributed by atoms with van der Waals surface area (Å²) >= 11 is 0. The first-order chi connectivity index (χ1) is 6.27. The molecule has 6 nitrogen and oxygen atoms in total. The number of hydrogen-bond acceptors (Lipinski definition) is 5. The maximum atomic E-state index is 9.19. The van der Waals surface area contributed by atoms with Gasteiger partial charge in [-0.3, -0.25) is 4.98 Å². The Balaban J connectivity index is 2.48. The summed E-state index contributed by atoms with van der Waals surface area (Å²) in [5.74, 6) is 0. The number of aliphatic hydroxyl groups excluding tert-OH is 1. The molecule has 1 N–H and O–H groups in total. The third-order valence-corrected chi connectivity index (χ3v) is 1.68. The number of aromatic nitrogens is 5. The summed E-state index contributed by atoms with van der Waals surface area (Å²) < 4.78 is 1.57. The minimum absolute atomic E-state index is 0.420. The van der Waals surface area contributed by atoms with Gasteiger partial charge in [0.1, 0.15) is 0 Å². The molecule has 1 unspecified atom stereocenters. The number of fused-ring (bicyclic) bond motifs is 1. The molecule has 0 aromatic carbocycles. The van der Waals surface area contributed by atoms with Gasteiger partial charge in [-0.25, -0.2) is 0 Å². The van der Waals surface area contributed by atoms with Gasteiger partial charge in [0.15, 0.2) is 5.65 Å². The lowest BCUT2D eigenvalue weighted by Crippen LogP contribution is -2.09. The summed E-state index contributed by atoms with van der Waals surface area (Å²) in [7, 11) is 0. The molecule has 0 bridgehead atoms. The van der Waals surface area contributed by atoms with Gasteiger partial charge in [-0.05, 0) is 17.4 Å². The normalized spacial score (nSPS) is 13.4. The van der Waals surface area contributed by atoms with Crippen LogP contribution in [0.1, 0.15) is 12.6 Å². The quantitative estimate of drug-likeness (QED) is 0.668. The zero-order valence-electron chi connectivity index (χ0n) is 7.12. The fourth-order valence-electron chi connectivity index (χ4n) is 1.17. The van der Waals surface area contributed by atoms with Crippen molar-refractivity contribution in [2.24, 2.45) is 0 Å². The zero-order chi connectivity index (χ0) is 9.26. The van der Waals surface area contributed by atoms with Crippen molar-refractivity contribution in [3.8, 4) is 0 Å². The van der Waals surface area contributed by atoms with Crippen molar-refractivity contribution in [2.45, 2.75) is 19.4 Å². The fraction of sp³-hybridized carbons (Fsp3) is 0.429. The first kappa shape index (κ1) is 8.06. The third kappa shape index (κ3) is 1.48. The van der Waals surface area contributed by atoms with Gasteiger partial charge in [-0.15, -0.1) is 5.10 Å². The van der Waals surface area contributed by atoms with E-state index in [1.165, 1.54) is 0 Å². The summed E-state index contributed by atoms with van der Waals surface area (Å²) in [6.07, 6.45) is 3.30. The monoisotopic (exact) mass is 179 g/mol. The Morgan fingerprint density at radius 3 is 3.15 bits per heavy atom. The van der Waals surface area contributed by atoms with Crippen molar-refractivity contribution in [3.05, 3.63) is 18.1 Å². The van der Waals surface area contributed by atoms with Gasteiger partial charge in [-0.1, -0.05) is 0 Å². The smallest absolute Gasteiger partial charge is 0.197 e. The molecule has 2 heterocycles. The Morgan fingerprint density at radius 1 is 1.54 bits per heavy atom. The second kappa shape index (κ2) is 3.06. The Morgan fingerprint density at radius 2 is 2.38 bits per heavy atom. The predicted molar refractivity (Wildman–Crippen MR) is 44.0 cm³/mol. The molecule has 2 aromatic rings. The molecule has 0 fully saturated rings. The second-order valence-corrected chi connectivity index (χ2v) is 2.90. The minimum Gasteiger partial charge on any atom is -0.393 e. The molecule has 0 saturated carbocycles. The molecule has 0 aliphatic rings. The van der Waals surface area contributed by atoms with Gasteiger partial charge in [0.05, 0.1) is 18.0 Å². The van der Waals surface area contributed by atoms with Crippen molar-refractivity contribution in [2.75, 3.05) is 0 Å². The molecule has 0 aliphatic carbocycles. The minimum atomic E-state index is -0.420. The SMILES string of the molecule is CC(O)Cc1cncc2nnnn12. The molecule has 0 amide bonds. The number of nitrogens with zero attached hydrogens (tertiary/aromatic N) is 5. The van der Waals surface area contributed by atoms with Gasteiger partial charge >= 0.3 is 0 Å². The molecular formula is C7H9N5O. The van der Waals surface area contributed by atoms with Crippen molar-refractivity contribution in [1.82, 2.24) is 25.0 Å². The third-order valence-electron chi connectivity index (χ3n) is 1.68. The van der Waals surface area contributed by atoms with Crippen LogP contribution in [-0.2, 0) is 6.42 Å². The van der Waals surface area contributed by atoms with E-state index in [0.717, 1.165) is 5.69 Å². The first-order valence-corrected chi connectivity index (χ1v) is 3.96. The van der Waals surface area contributed by atoms with Crippen molar-refractivity contribution in [3.63, 3.8) is 0 Å². The Bertz CT molecular complexity index is 410. The molecule has 1 atom stereocenters. The number of aliphatic hydroxyl groups is 1. The van der Waals surface area contributed by atoms with Crippen molar-refractivity contribution < 1.29 is 5.11 Å². The van der Waals surface area contributed by atoms with Crippen LogP contribution in [0.4, 0.5) is 0 Å². The fourth-order valence-corrected chi connectivity index (χ4v) is 1.17. The van der Waals surface area contributed by atoms with Crippen LogP contribution >= 0.6 is 0 Å². The van der Waals surface area contributed by atoms with E-state index in [-0.39, 0.29) is 0 Å². The van der Waals surface area contributed by atoms with Gasteiger partial charge in [-0.2, -0.15) is 4.52 Å². The van der Waals surface area contributed by atoms with Crippen LogP contribution in [-0.4, -0.2) is 36.2 Å². The number of rotatable bonds is 2. The van der Waals surface area contributed by atoms with Crippen LogP contribution in [0.3, 0.4) is 0 Å². The highest BCUT2D eigenvalue weighted by Gasteiger charge is 2.06. The average Bonchev–Trinajstić information content (AvgIpc) is 2.51. The Hall–Kier alpha value is -1.56. The van der Waals surface area contributed by atoms with Gasteiger partial charge in [0.2, 0.25) is 0 Å². The van der Waals surface area contributed by atoms with Gasteiger partial charge < -0.3 is 5.11 Å². The van der Waals surface area contributed by atoms with Crippen LogP contribution in [0.2, 0.25) is 0 Å². The highest BCUT2D eigenvalue weighted by atomic mass is 16.3. The lowest BCUT2D eigenvalue weighted by atomic mass is 10.2. The van der Waals surface area contributed by atoms with Crippen LogP contribution in [0.5, 0.6) is 0 Å². The number of tetrazole rings is 1. The molecule has 2 aromatic heterocycles. The standard InChI is InChI=1S/C7H9N5O/c1-5(13)2-6-3-8-4-7-9-10-11-12(6)7/h3-5,13H,2H2,1H3. The lowest BCUT2D eigenvalue weighted by Gasteiger charge is -2.03. The summed E-state index contributed by atoms with van der Waals surface area (Å²) in [5.41, 5.74) is 1.40. The van der Waals surface area contributed by atoms with E-state index in [9.17, 15) is 5.11 Å². The van der Waals surface area contributed by atoms with Crippen LogP contribution < -0.4 is 0 Å².